The molecule has 7 heteroatoms. The molecule has 2 radical (unpaired) electrons. The lowest BCUT2D eigenvalue weighted by Crippen LogP contribution is -2.56. The monoisotopic (exact) mass is 724 g/mol. The molecule has 4 aromatic rings. The minimum Gasteiger partial charge on any atom is -0.497 e. The fourth-order valence-electron chi connectivity index (χ4n) is 5.80. The molecule has 51 heavy (non-hydrogen) atoms. The van der Waals surface area contributed by atoms with Crippen LogP contribution in [0.5, 0.6) is 23.0 Å². The Balaban J connectivity index is 2.14. The lowest BCUT2D eigenvalue weighted by molar-refractivity contribution is 0.412. The van der Waals surface area contributed by atoms with Crippen LogP contribution in [0.1, 0.15) is 105 Å². The van der Waals surface area contributed by atoms with Crippen LogP contribution in [0.3, 0.4) is 0 Å². The predicted octanol–water partition coefficient (Wildman–Crippen LogP) is 7.84. The van der Waals surface area contributed by atoms with E-state index >= 15 is 0 Å². The normalized spacial score (nSPS) is 12.7. The maximum absolute atomic E-state index is 7.84. The largest absolute Gasteiger partial charge is 0.497 e. The van der Waals surface area contributed by atoms with Gasteiger partial charge in [0.15, 0.2) is 0 Å². The molecule has 0 aliphatic carbocycles. The highest BCUT2D eigenvalue weighted by molar-refractivity contribution is 6.92. The van der Waals surface area contributed by atoms with E-state index in [0.717, 1.165) is 43.7 Å². The van der Waals surface area contributed by atoms with Gasteiger partial charge in [-0.05, 0) is 113 Å². The van der Waals surface area contributed by atoms with Gasteiger partial charge in [-0.15, -0.1) is 0 Å². The molecule has 274 valence electrons. The van der Waals surface area contributed by atoms with Gasteiger partial charge in [-0.3, -0.25) is 0 Å². The summed E-state index contributed by atoms with van der Waals surface area (Å²) in [7, 11) is 3.07. The van der Waals surface area contributed by atoms with Crippen LogP contribution in [0.2, 0.25) is 0 Å². The van der Waals surface area contributed by atoms with Gasteiger partial charge >= 0.3 is 0 Å². The lowest BCUT2D eigenvalue weighted by Gasteiger charge is -2.30. The van der Waals surface area contributed by atoms with E-state index in [1.807, 2.05) is 0 Å². The second-order valence-electron chi connectivity index (χ2n) is 17.6. The highest BCUT2D eigenvalue weighted by Crippen LogP contribution is 2.30. The highest BCUT2D eigenvalue weighted by atomic mass is 28.4. The van der Waals surface area contributed by atoms with E-state index in [2.05, 4.69) is 156 Å². The Hall–Kier alpha value is -3.53. The number of rotatable bonds is 10. The third-order valence-corrected chi connectivity index (χ3v) is 14.2. The van der Waals surface area contributed by atoms with Gasteiger partial charge in [-0.2, -0.15) is 0 Å². The van der Waals surface area contributed by atoms with Crippen molar-refractivity contribution in [3.8, 4) is 23.0 Å². The lowest BCUT2D eigenvalue weighted by atomic mass is 9.87. The zero-order valence-corrected chi connectivity index (χ0v) is 36.0. The smallest absolute Gasteiger partial charge is 0.272 e. The van der Waals surface area contributed by atoms with Crippen molar-refractivity contribution in [1.29, 1.82) is 0 Å². The molecule has 0 saturated carbocycles. The van der Waals surface area contributed by atoms with Crippen molar-refractivity contribution < 1.29 is 23.1 Å². The molecule has 0 spiro atoms. The molecule has 0 atom stereocenters. The summed E-state index contributed by atoms with van der Waals surface area (Å²) in [5.41, 5.74) is 4.39. The highest BCUT2D eigenvalue weighted by Gasteiger charge is 2.34. The Morgan fingerprint density at radius 3 is 0.667 bits per heavy atom. The predicted molar refractivity (Wildman–Crippen MR) is 218 cm³/mol. The molecule has 0 aliphatic heterocycles. The van der Waals surface area contributed by atoms with E-state index < -0.39 is 18.1 Å². The van der Waals surface area contributed by atoms with Crippen molar-refractivity contribution in [2.75, 3.05) is 28.4 Å². The van der Waals surface area contributed by atoms with E-state index in [4.69, 9.17) is 23.1 Å². The first-order valence-electron chi connectivity index (χ1n) is 17.8. The summed E-state index contributed by atoms with van der Waals surface area (Å²) >= 11 is 0. The van der Waals surface area contributed by atoms with Crippen molar-refractivity contribution in [2.24, 2.45) is 0 Å². The van der Waals surface area contributed by atoms with E-state index in [1.54, 1.807) is 28.4 Å². The number of ether oxygens (including phenoxy) is 4. The van der Waals surface area contributed by atoms with Crippen molar-refractivity contribution in [3.63, 3.8) is 0 Å². The second kappa shape index (κ2) is 15.2. The third kappa shape index (κ3) is 9.88. The van der Waals surface area contributed by atoms with Crippen molar-refractivity contribution in [2.45, 2.75) is 105 Å². The van der Waals surface area contributed by atoms with E-state index in [1.165, 1.54) is 22.3 Å². The van der Waals surface area contributed by atoms with Crippen LogP contribution >= 0.6 is 0 Å². The first kappa shape index (κ1) is 40.2. The molecular weight excluding hydrogens is 665 g/mol. The molecule has 0 fully saturated rings. The molecule has 0 aromatic heterocycles. The number of hydrogen-bond donors (Lipinski definition) is 0. The Morgan fingerprint density at radius 2 is 0.510 bits per heavy atom. The number of methoxy groups -OCH3 is 4. The van der Waals surface area contributed by atoms with Crippen LogP contribution in [-0.2, 0) is 25.8 Å². The summed E-state index contributed by atoms with van der Waals surface area (Å²) < 4.78 is 31.7. The molecule has 4 rings (SSSR count). The van der Waals surface area contributed by atoms with Crippen molar-refractivity contribution in [3.05, 3.63) is 95.1 Å². The average molecular weight is 725 g/mol. The summed E-state index contributed by atoms with van der Waals surface area (Å²) in [5.74, 6) is 3.29. The number of hydrogen-bond acceptors (Lipinski definition) is 5. The Bertz CT molecular complexity index is 1560. The summed E-state index contributed by atoms with van der Waals surface area (Å²) in [6.07, 6.45) is 0. The Morgan fingerprint density at radius 1 is 0.314 bits per heavy atom. The van der Waals surface area contributed by atoms with Crippen LogP contribution < -0.4 is 39.7 Å². The molecule has 4 aromatic carbocycles. The van der Waals surface area contributed by atoms with Crippen LogP contribution in [0.4, 0.5) is 0 Å². The summed E-state index contributed by atoms with van der Waals surface area (Å²) in [4.78, 5) is 0. The molecule has 0 unspecified atom stereocenters. The average Bonchev–Trinajstić information content (AvgIpc) is 3.06. The van der Waals surface area contributed by atoms with Crippen LogP contribution in [-0.4, -0.2) is 46.5 Å². The maximum atomic E-state index is 7.84. The van der Waals surface area contributed by atoms with E-state index in [9.17, 15) is 0 Å². The van der Waals surface area contributed by atoms with Gasteiger partial charge in [0, 0.05) is 0 Å². The zero-order chi connectivity index (χ0) is 38.1. The fraction of sp³-hybridized carbons (Fsp3) is 0.455. The SMILES string of the molecule is COc1cc([Si](O[Si](c2cc(OC)cc(C(C)(C)C)c2)c2cc(OC)cc(C(C)(C)C)c2)c2cc(OC)cc(C(C)(C)C)c2)cc(C(C)(C)C)c1. The Kier molecular flexibility index (Phi) is 12.0. The molecule has 5 nitrogen and oxygen atoms in total. The van der Waals surface area contributed by atoms with Crippen LogP contribution in [0.15, 0.2) is 72.8 Å². The van der Waals surface area contributed by atoms with Gasteiger partial charge in [-0.25, -0.2) is 0 Å². The third-order valence-electron chi connectivity index (χ3n) is 9.29. The fourth-order valence-corrected chi connectivity index (χ4v) is 11.4. The summed E-state index contributed by atoms with van der Waals surface area (Å²) in [6.45, 7) is 26.9. The standard InChI is InChI=1S/C44H60O5Si2/c1-41(2,3)29-17-33(45-13)25-37(21-29)50(38-22-30(42(4,5)6)18-34(26-38)46-14)49-51(39-23-31(43(7,8)9)19-35(27-39)47-15)40-24-32(44(10,11)12)20-36(28-40)48-16/h17-28H,1-16H3. The van der Waals surface area contributed by atoms with E-state index in [-0.39, 0.29) is 21.7 Å². The second-order valence-corrected chi connectivity index (χ2v) is 22.0. The molecule has 0 aliphatic rings. The number of benzene rings is 4. The van der Waals surface area contributed by atoms with Gasteiger partial charge in [0.2, 0.25) is 0 Å². The topological polar surface area (TPSA) is 46.2 Å². The Labute approximate surface area is 312 Å². The van der Waals surface area contributed by atoms with Gasteiger partial charge < -0.3 is 23.1 Å². The van der Waals surface area contributed by atoms with Crippen LogP contribution in [0.25, 0.3) is 0 Å². The first-order chi connectivity index (χ1) is 23.6. The molecule has 0 heterocycles. The zero-order valence-electron chi connectivity index (χ0n) is 34.0. The van der Waals surface area contributed by atoms with Crippen molar-refractivity contribution in [1.82, 2.24) is 0 Å². The summed E-state index contributed by atoms with van der Waals surface area (Å²) in [5, 5.41) is 4.49. The quantitative estimate of drug-likeness (QED) is 0.156. The van der Waals surface area contributed by atoms with Crippen LogP contribution in [0, 0.1) is 0 Å². The first-order valence-corrected chi connectivity index (χ1v) is 20.6. The molecular formula is C44H60O5Si2. The maximum Gasteiger partial charge on any atom is 0.272 e. The van der Waals surface area contributed by atoms with Gasteiger partial charge in [-0.1, -0.05) is 107 Å². The minimum absolute atomic E-state index is 0.0994. The van der Waals surface area contributed by atoms with Gasteiger partial charge in [0.1, 0.15) is 23.0 Å². The minimum atomic E-state index is -1.95. The molecule has 0 amide bonds. The molecule has 0 saturated heterocycles. The van der Waals surface area contributed by atoms with Crippen molar-refractivity contribution >= 4 is 38.8 Å². The van der Waals surface area contributed by atoms with E-state index in [0.29, 0.717) is 0 Å². The molecule has 0 bridgehead atoms. The van der Waals surface area contributed by atoms with Gasteiger partial charge in [0.25, 0.3) is 18.1 Å². The van der Waals surface area contributed by atoms with Gasteiger partial charge in [0.05, 0.1) is 28.4 Å². The molecule has 0 N–H and O–H groups in total. The summed E-state index contributed by atoms with van der Waals surface area (Å²) in [6, 6.07) is 26.6.